The summed E-state index contributed by atoms with van der Waals surface area (Å²) in [6.45, 7) is 9.90. The first-order valence-electron chi connectivity index (χ1n) is 9.45. The summed E-state index contributed by atoms with van der Waals surface area (Å²) >= 11 is 0. The van der Waals surface area contributed by atoms with Crippen molar-refractivity contribution >= 4 is 22.0 Å². The van der Waals surface area contributed by atoms with Gasteiger partial charge in [0.2, 0.25) is 10.0 Å². The summed E-state index contributed by atoms with van der Waals surface area (Å²) in [5, 5.41) is 8.47. The van der Waals surface area contributed by atoms with Gasteiger partial charge in [-0.05, 0) is 65.7 Å². The van der Waals surface area contributed by atoms with Crippen LogP contribution in [-0.4, -0.2) is 49.5 Å². The average Bonchev–Trinajstić information content (AvgIpc) is 2.56. The van der Waals surface area contributed by atoms with Gasteiger partial charge >= 0.3 is 11.9 Å². The van der Waals surface area contributed by atoms with Crippen LogP contribution in [0.3, 0.4) is 0 Å². The van der Waals surface area contributed by atoms with E-state index in [4.69, 9.17) is 14.7 Å². The molecule has 0 saturated heterocycles. The highest BCUT2D eigenvalue weighted by Gasteiger charge is 2.33. The highest BCUT2D eigenvalue weighted by Crippen LogP contribution is 2.17. The van der Waals surface area contributed by atoms with Crippen molar-refractivity contribution in [1.29, 1.82) is 0 Å². The lowest BCUT2D eigenvalue weighted by molar-refractivity contribution is -0.241. The van der Waals surface area contributed by atoms with Crippen molar-refractivity contribution in [3.05, 3.63) is 29.8 Å². The van der Waals surface area contributed by atoms with Gasteiger partial charge in [-0.3, -0.25) is 14.8 Å². The Morgan fingerprint density at radius 3 is 2.20 bits per heavy atom. The first-order chi connectivity index (χ1) is 13.6. The normalized spacial score (nSPS) is 13.6. The van der Waals surface area contributed by atoms with Gasteiger partial charge in [-0.1, -0.05) is 12.1 Å². The third-order valence-electron chi connectivity index (χ3n) is 3.47. The Hall–Kier alpha value is -2.01. The van der Waals surface area contributed by atoms with Crippen molar-refractivity contribution in [2.75, 3.05) is 6.61 Å². The maximum atomic E-state index is 12.9. The fourth-order valence-electron chi connectivity index (χ4n) is 2.38. The zero-order valence-electron chi connectivity index (χ0n) is 18.2. The maximum absolute atomic E-state index is 12.9. The van der Waals surface area contributed by atoms with Crippen molar-refractivity contribution in [2.24, 2.45) is 0 Å². The molecule has 0 fully saturated rings. The summed E-state index contributed by atoms with van der Waals surface area (Å²) in [6.07, 6.45) is -0.239. The first kappa shape index (κ1) is 26.0. The Labute approximate surface area is 177 Å². The lowest BCUT2D eigenvalue weighted by Gasteiger charge is -2.25. The van der Waals surface area contributed by atoms with Gasteiger partial charge in [-0.25, -0.2) is 13.3 Å². The van der Waals surface area contributed by atoms with Crippen LogP contribution in [0.25, 0.3) is 0 Å². The van der Waals surface area contributed by atoms with E-state index in [2.05, 4.69) is 9.61 Å². The number of rotatable bonds is 9. The molecule has 0 spiro atoms. The Morgan fingerprint density at radius 2 is 1.67 bits per heavy atom. The number of nitrogens with one attached hydrogen (secondary N) is 1. The van der Waals surface area contributed by atoms with Gasteiger partial charge in [0.05, 0.1) is 17.9 Å². The summed E-state index contributed by atoms with van der Waals surface area (Å²) in [7, 11) is -4.16. The molecule has 0 bridgehead atoms. The van der Waals surface area contributed by atoms with Crippen molar-refractivity contribution in [2.45, 2.75) is 76.5 Å². The minimum atomic E-state index is -4.16. The highest BCUT2D eigenvalue weighted by molar-refractivity contribution is 7.89. The van der Waals surface area contributed by atoms with Crippen LogP contribution >= 0.6 is 0 Å². The Bertz CT molecular complexity index is 837. The molecule has 1 unspecified atom stereocenters. The zero-order valence-corrected chi connectivity index (χ0v) is 19.0. The van der Waals surface area contributed by atoms with Gasteiger partial charge in [-0.2, -0.15) is 4.72 Å². The van der Waals surface area contributed by atoms with Gasteiger partial charge in [-0.15, -0.1) is 0 Å². The largest absolute Gasteiger partial charge is 0.460 e. The van der Waals surface area contributed by atoms with Crippen LogP contribution in [0.4, 0.5) is 0 Å². The lowest BCUT2D eigenvalue weighted by Crippen LogP contribution is -2.46. The predicted octanol–water partition coefficient (Wildman–Crippen LogP) is 2.44. The molecule has 2 N–H and O–H groups in total. The molecule has 1 aromatic carbocycles. The van der Waals surface area contributed by atoms with E-state index in [0.717, 1.165) is 0 Å². The van der Waals surface area contributed by atoms with E-state index in [0.29, 0.717) is 5.56 Å². The lowest BCUT2D eigenvalue weighted by atomic mass is 10.1. The molecule has 0 radical (unpaired) electrons. The van der Waals surface area contributed by atoms with E-state index >= 15 is 0 Å². The number of esters is 2. The fourth-order valence-corrected chi connectivity index (χ4v) is 3.64. The smallest absolute Gasteiger partial charge is 0.325 e. The second kappa shape index (κ2) is 10.3. The third kappa shape index (κ3) is 9.66. The molecular formula is C20H31NO8S. The van der Waals surface area contributed by atoms with Gasteiger partial charge < -0.3 is 9.47 Å². The third-order valence-corrected chi connectivity index (χ3v) is 4.94. The van der Waals surface area contributed by atoms with Gasteiger partial charge in [0, 0.05) is 0 Å². The van der Waals surface area contributed by atoms with Crippen molar-refractivity contribution in [3.63, 3.8) is 0 Å². The molecule has 1 rings (SSSR count). The molecular weight excluding hydrogens is 414 g/mol. The number of carbonyl (C=O) groups excluding carboxylic acids is 2. The first-order valence-corrected chi connectivity index (χ1v) is 10.9. The van der Waals surface area contributed by atoms with Crippen LogP contribution in [0.5, 0.6) is 0 Å². The van der Waals surface area contributed by atoms with Crippen LogP contribution in [0, 0.1) is 0 Å². The Morgan fingerprint density at radius 1 is 1.07 bits per heavy atom. The van der Waals surface area contributed by atoms with Crippen LogP contribution < -0.4 is 4.72 Å². The fraction of sp³-hybridized carbons (Fsp3) is 0.600. The summed E-state index contributed by atoms with van der Waals surface area (Å²) in [5.41, 5.74) is -1.07. The summed E-state index contributed by atoms with van der Waals surface area (Å²) in [4.78, 5) is 28.7. The molecule has 170 valence electrons. The van der Waals surface area contributed by atoms with Crippen molar-refractivity contribution in [1.82, 2.24) is 4.72 Å². The molecule has 10 heteroatoms. The van der Waals surface area contributed by atoms with Crippen molar-refractivity contribution in [3.8, 4) is 0 Å². The molecule has 0 saturated carbocycles. The van der Waals surface area contributed by atoms with E-state index in [1.807, 2.05) is 0 Å². The zero-order chi connectivity index (χ0) is 23.2. The molecule has 30 heavy (non-hydrogen) atoms. The molecule has 0 amide bonds. The van der Waals surface area contributed by atoms with Gasteiger partial charge in [0.25, 0.3) is 0 Å². The summed E-state index contributed by atoms with van der Waals surface area (Å²) in [5.74, 6) is -1.63. The number of benzene rings is 1. The molecule has 0 heterocycles. The monoisotopic (exact) mass is 445 g/mol. The standard InChI is InChI=1S/C20H31NO8S/c1-19(2,3)28-17(22)13-16(18(23)29-20(4,5)6)21-30(25,26)15-9-7-8-14(12-15)10-11-27-24/h7-9,12,16,21,24H,10-11,13H2,1-6H3. The van der Waals surface area contributed by atoms with Gasteiger partial charge in [0.15, 0.2) is 0 Å². The molecule has 0 aliphatic rings. The number of hydrogen-bond acceptors (Lipinski definition) is 8. The van der Waals surface area contributed by atoms with E-state index in [-0.39, 0.29) is 17.9 Å². The number of carbonyl (C=O) groups is 2. The van der Waals surface area contributed by atoms with Crippen LogP contribution in [0.1, 0.15) is 53.5 Å². The van der Waals surface area contributed by atoms with E-state index in [1.54, 1.807) is 47.6 Å². The topological polar surface area (TPSA) is 128 Å². The van der Waals surface area contributed by atoms with Crippen LogP contribution in [-0.2, 0) is 40.4 Å². The highest BCUT2D eigenvalue weighted by atomic mass is 32.2. The minimum Gasteiger partial charge on any atom is -0.460 e. The van der Waals surface area contributed by atoms with Gasteiger partial charge in [0.1, 0.15) is 17.2 Å². The number of sulfonamides is 1. The molecule has 0 aliphatic heterocycles. The average molecular weight is 446 g/mol. The van der Waals surface area contributed by atoms with E-state index in [9.17, 15) is 18.0 Å². The quantitative estimate of drug-likeness (QED) is 0.337. The van der Waals surface area contributed by atoms with E-state index in [1.165, 1.54) is 18.2 Å². The number of hydrogen-bond donors (Lipinski definition) is 2. The van der Waals surface area contributed by atoms with E-state index < -0.39 is 45.6 Å². The van der Waals surface area contributed by atoms with Crippen LogP contribution in [0.15, 0.2) is 29.2 Å². The summed E-state index contributed by atoms with van der Waals surface area (Å²) < 4.78 is 38.4. The van der Waals surface area contributed by atoms with Crippen molar-refractivity contribution < 1.29 is 37.6 Å². The molecule has 1 atom stereocenters. The second-order valence-corrected chi connectivity index (χ2v) is 10.4. The SMILES string of the molecule is CC(C)(C)OC(=O)CC(NS(=O)(=O)c1cccc(CCOO)c1)C(=O)OC(C)(C)C. The molecule has 0 aromatic heterocycles. The summed E-state index contributed by atoms with van der Waals surface area (Å²) in [6, 6.07) is 4.47. The molecule has 9 nitrogen and oxygen atoms in total. The van der Waals surface area contributed by atoms with Crippen LogP contribution in [0.2, 0.25) is 0 Å². The predicted molar refractivity (Wildman–Crippen MR) is 109 cm³/mol. The Balaban J connectivity index is 3.11. The minimum absolute atomic E-state index is 0.00386. The Kier molecular flexibility index (Phi) is 8.97. The molecule has 1 aromatic rings. The maximum Gasteiger partial charge on any atom is 0.325 e. The second-order valence-electron chi connectivity index (χ2n) is 8.73. The number of ether oxygens (including phenoxy) is 2. The molecule has 0 aliphatic carbocycles.